The summed E-state index contributed by atoms with van der Waals surface area (Å²) < 4.78 is 10.9. The number of benzene rings is 3. The molecule has 0 fully saturated rings. The zero-order valence-corrected chi connectivity index (χ0v) is 10.5. The first-order valence-electron chi connectivity index (χ1n) is 6.33. The highest BCUT2D eigenvalue weighted by Gasteiger charge is 2.19. The van der Waals surface area contributed by atoms with E-state index in [1.165, 1.54) is 0 Å². The fourth-order valence-corrected chi connectivity index (χ4v) is 2.68. The molecule has 4 heteroatoms. The quantitative estimate of drug-likeness (QED) is 0.561. The Balaban J connectivity index is 1.99. The van der Waals surface area contributed by atoms with E-state index in [4.69, 9.17) is 14.4 Å². The number of rotatable bonds is 2. The van der Waals surface area contributed by atoms with Crippen LogP contribution in [-0.4, -0.2) is 12.7 Å². The molecule has 0 spiro atoms. The molecule has 1 aliphatic heterocycles. The first-order chi connectivity index (χ1) is 9.86. The highest BCUT2D eigenvalue weighted by Crippen LogP contribution is 2.47. The van der Waals surface area contributed by atoms with Crippen molar-refractivity contribution >= 4 is 18.5 Å². The monoisotopic (exact) mass is 261 g/mol. The molecule has 3 nitrogen and oxygen atoms in total. The van der Waals surface area contributed by atoms with E-state index in [0.29, 0.717) is 13.4 Å². The van der Waals surface area contributed by atoms with E-state index in [-0.39, 0.29) is 0 Å². The molecule has 0 aliphatic carbocycles. The molecule has 3 aromatic carbocycles. The molecule has 0 aromatic heterocycles. The van der Waals surface area contributed by atoms with E-state index < -0.39 is 0 Å². The van der Waals surface area contributed by atoms with E-state index in [1.54, 1.807) is 6.07 Å². The molecule has 1 aliphatic rings. The lowest BCUT2D eigenvalue weighted by Gasteiger charge is -2.21. The van der Waals surface area contributed by atoms with Crippen LogP contribution >= 0.6 is 0 Å². The molecule has 1 heterocycles. The van der Waals surface area contributed by atoms with E-state index in [2.05, 4.69) is 18.2 Å². The fourth-order valence-electron chi connectivity index (χ4n) is 2.68. The summed E-state index contributed by atoms with van der Waals surface area (Å²) in [5, 5.41) is 11.0. The second-order valence-electron chi connectivity index (χ2n) is 4.64. The molecule has 0 amide bonds. The third kappa shape index (κ3) is 1.59. The zero-order valence-electron chi connectivity index (χ0n) is 10.5. The summed E-state index contributed by atoms with van der Waals surface area (Å²) in [6, 6.07) is 17.8. The van der Waals surface area contributed by atoms with E-state index in [0.717, 1.165) is 33.4 Å². The number of hydrogen-bond donors (Lipinski definition) is 1. The fraction of sp³-hybridized carbons (Fsp3) is 0. The summed E-state index contributed by atoms with van der Waals surface area (Å²) in [6.45, 7) is 0. The van der Waals surface area contributed by atoms with Crippen molar-refractivity contribution in [1.29, 1.82) is 0 Å². The second-order valence-corrected chi connectivity index (χ2v) is 4.64. The van der Waals surface area contributed by atoms with Crippen LogP contribution in [0.5, 0.6) is 17.2 Å². The van der Waals surface area contributed by atoms with Crippen molar-refractivity contribution in [3.05, 3.63) is 54.6 Å². The first-order valence-corrected chi connectivity index (χ1v) is 6.33. The van der Waals surface area contributed by atoms with Crippen LogP contribution in [0.1, 0.15) is 0 Å². The van der Waals surface area contributed by atoms with Crippen molar-refractivity contribution in [2.45, 2.75) is 0 Å². The first kappa shape index (κ1) is 11.4. The molecule has 0 bridgehead atoms. The van der Waals surface area contributed by atoms with Crippen molar-refractivity contribution in [2.75, 3.05) is 0 Å². The highest BCUT2D eigenvalue weighted by molar-refractivity contribution is 6.17. The van der Waals surface area contributed by atoms with Gasteiger partial charge < -0.3 is 14.4 Å². The molecular weight excluding hydrogens is 251 g/mol. The van der Waals surface area contributed by atoms with Crippen molar-refractivity contribution in [2.24, 2.45) is 0 Å². The topological polar surface area (TPSA) is 38.7 Å². The van der Waals surface area contributed by atoms with Crippen LogP contribution < -0.4 is 9.39 Å². The summed E-state index contributed by atoms with van der Waals surface area (Å²) in [4.78, 5) is 0. The molecule has 0 saturated heterocycles. The van der Waals surface area contributed by atoms with Gasteiger partial charge in [-0.15, -0.1) is 0 Å². The van der Waals surface area contributed by atoms with Gasteiger partial charge in [0.1, 0.15) is 17.2 Å². The van der Waals surface area contributed by atoms with E-state index in [1.807, 2.05) is 30.3 Å². The Morgan fingerprint density at radius 3 is 2.60 bits per heavy atom. The molecule has 4 rings (SSSR count). The molecule has 1 N–H and O–H groups in total. The highest BCUT2D eigenvalue weighted by atomic mass is 16.5. The van der Waals surface area contributed by atoms with Gasteiger partial charge in [-0.1, -0.05) is 30.3 Å². The predicted molar refractivity (Wildman–Crippen MR) is 78.1 cm³/mol. The third-order valence-corrected chi connectivity index (χ3v) is 3.52. The van der Waals surface area contributed by atoms with Gasteiger partial charge in [0.05, 0.1) is 0 Å². The number of hydrogen-bond acceptors (Lipinski definition) is 3. The van der Waals surface area contributed by atoms with Gasteiger partial charge in [0, 0.05) is 17.0 Å². The van der Waals surface area contributed by atoms with Gasteiger partial charge in [-0.2, -0.15) is 0 Å². The van der Waals surface area contributed by atoms with Gasteiger partial charge >= 0.3 is 7.69 Å². The summed E-state index contributed by atoms with van der Waals surface area (Å²) >= 11 is 0. The van der Waals surface area contributed by atoms with Gasteiger partial charge in [-0.05, 0) is 29.1 Å². The van der Waals surface area contributed by atoms with Crippen LogP contribution in [0.2, 0.25) is 0 Å². The number of ether oxygens (including phenoxy) is 1. The smallest absolute Gasteiger partial charge is 0.537 e. The van der Waals surface area contributed by atoms with Crippen molar-refractivity contribution in [1.82, 2.24) is 0 Å². The molecule has 1 radical (unpaired) electrons. The van der Waals surface area contributed by atoms with Crippen molar-refractivity contribution in [3.63, 3.8) is 0 Å². The summed E-state index contributed by atoms with van der Waals surface area (Å²) in [5.41, 5.74) is 2.18. The Bertz CT molecular complexity index is 809. The van der Waals surface area contributed by atoms with Gasteiger partial charge in [0.2, 0.25) is 0 Å². The molecule has 20 heavy (non-hydrogen) atoms. The maximum absolute atomic E-state index is 8.72. The molecular formula is C16H10BO3. The van der Waals surface area contributed by atoms with E-state index in [9.17, 15) is 0 Å². The Labute approximate surface area is 116 Å². The summed E-state index contributed by atoms with van der Waals surface area (Å²) in [6.07, 6.45) is 0. The average Bonchev–Trinajstić information content (AvgIpc) is 2.48. The van der Waals surface area contributed by atoms with Gasteiger partial charge in [-0.3, -0.25) is 0 Å². The van der Waals surface area contributed by atoms with Crippen LogP contribution in [0.4, 0.5) is 0 Å². The molecule has 0 saturated carbocycles. The van der Waals surface area contributed by atoms with Crippen LogP contribution in [0, 0.1) is 0 Å². The van der Waals surface area contributed by atoms with Crippen LogP contribution in [-0.2, 0) is 0 Å². The van der Waals surface area contributed by atoms with Gasteiger partial charge in [0.15, 0.2) is 0 Å². The van der Waals surface area contributed by atoms with E-state index >= 15 is 0 Å². The minimum atomic E-state index is 0.540. The zero-order chi connectivity index (χ0) is 13.5. The minimum Gasteiger partial charge on any atom is -0.537 e. The van der Waals surface area contributed by atoms with Crippen LogP contribution in [0.15, 0.2) is 54.6 Å². The normalized spacial score (nSPS) is 11.7. The SMILES string of the molecule is O[B]Oc1ccc2c(c1)Oc1cccc3cccc-2c13. The third-order valence-electron chi connectivity index (χ3n) is 3.52. The Kier molecular flexibility index (Phi) is 2.44. The second kappa shape index (κ2) is 4.29. The lowest BCUT2D eigenvalue weighted by Crippen LogP contribution is -2.01. The molecule has 95 valence electrons. The maximum Gasteiger partial charge on any atom is 0.569 e. The van der Waals surface area contributed by atoms with Crippen LogP contribution in [0.25, 0.3) is 21.9 Å². The van der Waals surface area contributed by atoms with Gasteiger partial charge in [0.25, 0.3) is 0 Å². The van der Waals surface area contributed by atoms with Crippen molar-refractivity contribution < 1.29 is 14.4 Å². The summed E-state index contributed by atoms with van der Waals surface area (Å²) in [5.74, 6) is 2.11. The number of fused-ring (bicyclic) bond motifs is 2. The molecule has 3 aromatic rings. The molecule has 0 atom stereocenters. The van der Waals surface area contributed by atoms with Crippen LogP contribution in [0.3, 0.4) is 0 Å². The summed E-state index contributed by atoms with van der Waals surface area (Å²) in [7, 11) is 0.666. The predicted octanol–water partition coefficient (Wildman–Crippen LogP) is 3.52. The van der Waals surface area contributed by atoms with Gasteiger partial charge in [-0.25, -0.2) is 0 Å². The Hall–Kier alpha value is -2.46. The Morgan fingerprint density at radius 2 is 1.75 bits per heavy atom. The standard InChI is InChI=1S/C16H10BO3/c18-17-20-11-7-8-12-13-5-1-3-10-4-2-6-14(16(10)13)19-15(12)9-11/h1-9,18H. The largest absolute Gasteiger partial charge is 0.569 e. The lowest BCUT2D eigenvalue weighted by molar-refractivity contribution is 0.447. The Morgan fingerprint density at radius 1 is 0.900 bits per heavy atom. The molecule has 0 unspecified atom stereocenters. The lowest BCUT2D eigenvalue weighted by atomic mass is 9.95. The van der Waals surface area contributed by atoms with Crippen molar-refractivity contribution in [3.8, 4) is 28.4 Å². The minimum absolute atomic E-state index is 0.540. The maximum atomic E-state index is 8.72. The average molecular weight is 261 g/mol.